The highest BCUT2D eigenvalue weighted by Gasteiger charge is 2.23. The fraction of sp³-hybridized carbons (Fsp3) is 0.175. The van der Waals surface area contributed by atoms with E-state index in [9.17, 15) is 49.3 Å². The van der Waals surface area contributed by atoms with E-state index in [1.54, 1.807) is 109 Å². The van der Waals surface area contributed by atoms with Gasteiger partial charge < -0.3 is 91.2 Å². The molecule has 0 amide bonds. The molecule has 20 nitrogen and oxygen atoms in total. The maximum atomic E-state index is 12.1. The molecule has 0 saturated heterocycles. The first-order valence-electron chi connectivity index (χ1n) is 38.0. The van der Waals surface area contributed by atoms with Crippen LogP contribution in [0.5, 0.6) is 69.0 Å². The van der Waals surface area contributed by atoms with Gasteiger partial charge in [-0.05, 0) is 200 Å². The van der Waals surface area contributed by atoms with Crippen molar-refractivity contribution in [3.8, 4) is 91.2 Å². The molecule has 0 aliphatic rings. The molecule has 0 aromatic heterocycles. The van der Waals surface area contributed by atoms with Gasteiger partial charge in [-0.1, -0.05) is 209 Å². The topological polar surface area (TPSA) is 376 Å². The summed E-state index contributed by atoms with van der Waals surface area (Å²) in [6.45, 7) is 5.70. The van der Waals surface area contributed by atoms with Gasteiger partial charge in [-0.15, -0.1) is 0 Å². The van der Waals surface area contributed by atoms with E-state index in [1.165, 1.54) is 48.5 Å². The molecule has 0 radical (unpaired) electrons. The van der Waals surface area contributed by atoms with Gasteiger partial charge >= 0.3 is 0 Å². The van der Waals surface area contributed by atoms with Crippen molar-refractivity contribution in [2.24, 2.45) is 0 Å². The van der Waals surface area contributed by atoms with Crippen LogP contribution in [-0.4, -0.2) is 130 Å². The fourth-order valence-corrected chi connectivity index (χ4v) is 13.0. The minimum absolute atomic E-state index is 0.0110. The number of phenolic OH excluding ortho intramolecular Hbond substituents is 10. The lowest BCUT2D eigenvalue weighted by Gasteiger charge is -2.26. The highest BCUT2D eigenvalue weighted by molar-refractivity contribution is 7.91. The van der Waals surface area contributed by atoms with Crippen LogP contribution in [0.3, 0.4) is 0 Å². The Hall–Kier alpha value is -13.1. The van der Waals surface area contributed by atoms with Crippen LogP contribution in [0.1, 0.15) is 79.3 Å². The molecule has 118 heavy (non-hydrogen) atoms. The van der Waals surface area contributed by atoms with Gasteiger partial charge in [0.25, 0.3) is 0 Å². The van der Waals surface area contributed by atoms with Gasteiger partial charge in [0.15, 0.2) is 0 Å². The van der Waals surface area contributed by atoms with Crippen molar-refractivity contribution in [2.75, 3.05) is 39.6 Å². The number of sulfone groups is 1. The summed E-state index contributed by atoms with van der Waals surface area (Å²) in [5, 5.41) is 148. The average molecular weight is 1620 g/mol. The van der Waals surface area contributed by atoms with Gasteiger partial charge in [0, 0.05) is 54.7 Å². The Morgan fingerprint density at radius 1 is 0.288 bits per heavy atom. The molecule has 16 N–H and O–H groups in total. The zero-order valence-electron chi connectivity index (χ0n) is 65.6. The fourth-order valence-electron chi connectivity index (χ4n) is 11.6. The van der Waals surface area contributed by atoms with E-state index in [4.69, 9.17) is 50.3 Å². The Balaban J connectivity index is 0.000000191. The molecule has 0 spiro atoms. The van der Waals surface area contributed by atoms with Gasteiger partial charge in [0.1, 0.15) is 69.0 Å². The molecule has 0 aliphatic carbocycles. The number of benzene rings is 14. The number of fused-ring (bicyclic) bond motifs is 2. The lowest BCUT2D eigenvalue weighted by Crippen LogP contribution is -2.18. The van der Waals surface area contributed by atoms with E-state index in [2.05, 4.69) is 13.8 Å². The predicted octanol–water partition coefficient (Wildman–Crippen LogP) is 17.9. The Morgan fingerprint density at radius 3 is 0.915 bits per heavy atom. The Morgan fingerprint density at radius 2 is 0.602 bits per heavy atom. The summed E-state index contributed by atoms with van der Waals surface area (Å²) in [5.41, 5.74) is 9.87. The Bertz CT molecular complexity index is 5070. The molecule has 0 aliphatic heterocycles. The number of aromatic hydroxyl groups is 10. The zero-order valence-corrected chi connectivity index (χ0v) is 66.4. The first kappa shape index (κ1) is 92.1. The molecule has 0 bridgehead atoms. The third kappa shape index (κ3) is 29.9. The van der Waals surface area contributed by atoms with E-state index in [-0.39, 0.29) is 112 Å². The maximum Gasteiger partial charge on any atom is 0.206 e. The summed E-state index contributed by atoms with van der Waals surface area (Å²) >= 11 is 0. The molecule has 14 aromatic carbocycles. The van der Waals surface area contributed by atoms with Crippen molar-refractivity contribution in [1.82, 2.24) is 0 Å². The van der Waals surface area contributed by atoms with Crippen LogP contribution in [0.2, 0.25) is 0 Å². The second kappa shape index (κ2) is 48.3. The third-order valence-corrected chi connectivity index (χ3v) is 19.9. The van der Waals surface area contributed by atoms with E-state index in [0.29, 0.717) is 37.6 Å². The van der Waals surface area contributed by atoms with Crippen LogP contribution >= 0.6 is 0 Å². The Kier molecular flexibility index (Phi) is 37.7. The summed E-state index contributed by atoms with van der Waals surface area (Å²) in [7, 11) is -3.70. The van der Waals surface area contributed by atoms with Crippen molar-refractivity contribution in [1.29, 1.82) is 0 Å². The summed E-state index contributed by atoms with van der Waals surface area (Å²) in [5.74, 6) is 2.99. The molecule has 21 heteroatoms. The second-order valence-electron chi connectivity index (χ2n) is 27.1. The number of unbranched alkanes of at least 4 members (excludes halogenated alkanes) is 3. The van der Waals surface area contributed by atoms with Crippen LogP contribution in [0, 0.1) is 0 Å². The number of hydrogen-bond donors (Lipinski definition) is 16. The molecule has 616 valence electrons. The smallest absolute Gasteiger partial charge is 0.206 e. The molecule has 14 aromatic rings. The van der Waals surface area contributed by atoms with E-state index in [0.717, 1.165) is 103 Å². The van der Waals surface area contributed by atoms with Crippen molar-refractivity contribution < 1.29 is 99.6 Å². The van der Waals surface area contributed by atoms with Gasteiger partial charge in [0.2, 0.25) is 9.84 Å². The van der Waals surface area contributed by atoms with Gasteiger partial charge in [-0.25, -0.2) is 8.42 Å². The van der Waals surface area contributed by atoms with Crippen molar-refractivity contribution >= 4 is 31.4 Å². The minimum atomic E-state index is -3.70. The first-order valence-corrected chi connectivity index (χ1v) is 39.4. The summed E-state index contributed by atoms with van der Waals surface area (Å²) in [6, 6.07) is 91.3. The number of aliphatic hydroxyl groups excluding tert-OH is 6. The number of ether oxygens (including phenoxy) is 2. The minimum Gasteiger partial charge on any atom is -0.508 e. The quantitative estimate of drug-likeness (QED) is 0.0280. The van der Waals surface area contributed by atoms with Gasteiger partial charge in [-0.3, -0.25) is 0 Å². The molecule has 0 atom stereocenters. The highest BCUT2D eigenvalue weighted by atomic mass is 32.2. The average Bonchev–Trinajstić information content (AvgIpc) is 0.790. The molecule has 0 saturated carbocycles. The molecule has 0 heterocycles. The van der Waals surface area contributed by atoms with Crippen molar-refractivity contribution in [3.63, 3.8) is 0 Å². The summed E-state index contributed by atoms with van der Waals surface area (Å²) in [4.78, 5) is -0.0220. The lowest BCUT2D eigenvalue weighted by atomic mass is 9.78. The normalized spacial score (nSPS) is 10.6. The standard InChI is InChI=1S/C21H16O2.C15H16O4.C15H16O2.C14H14O2.C12H10O4S.C12H10O2.C6H14O2.C2H6O2/c22-20-11-9-14-5-1-3-7-16(14)18(20)13-19-17-8-4-2-6-15(17)10-12-21(19)23;16-12-4-1-6-14(10-12)18-8-3-9-19-15-7-2-5-13(17)11-15;1-15(2,11-3-7-13(16)8-4-11)12-5-9-14(17)10-6-12;15-9-11-1-5-13(6-2-11)14-7-3-12(10-16)4-8-14;13-9-3-1-5-11(7-9)17(15,16)12-6-2-4-10(14)8-12;13-11-5-1-9(2-6-11)10-3-7-12(14)8-4-10;7-5-3-1-2-4-6-8;3-1-2-4/h1-12,22-23H,13H2;1-2,4-7,10-11,16-17H,3,8-9H2;3-10,16-17H,1-2H3;1-8,15-16H,9-10H2;1-8,13-14H;1-8,13-14H;7-8H,1-6H2;3-4H,1-2H2. The van der Waals surface area contributed by atoms with Crippen LogP contribution in [0.15, 0.2) is 325 Å². The highest BCUT2D eigenvalue weighted by Crippen LogP contribution is 2.37. The van der Waals surface area contributed by atoms with Crippen LogP contribution in [0.25, 0.3) is 43.8 Å². The molecular formula is C97H102O20S. The second-order valence-corrected chi connectivity index (χ2v) is 29.1. The van der Waals surface area contributed by atoms with Gasteiger partial charge in [0.05, 0.1) is 49.4 Å². The summed E-state index contributed by atoms with van der Waals surface area (Å²) in [6.07, 6.45) is 5.03. The van der Waals surface area contributed by atoms with Gasteiger partial charge in [-0.2, -0.15) is 0 Å². The Labute approximate surface area is 687 Å². The molecule has 14 rings (SSSR count). The molecule has 0 unspecified atom stereocenters. The van der Waals surface area contributed by atoms with E-state index < -0.39 is 9.84 Å². The van der Waals surface area contributed by atoms with Crippen molar-refractivity contribution in [3.05, 3.63) is 349 Å². The largest absolute Gasteiger partial charge is 0.508 e. The van der Waals surface area contributed by atoms with E-state index in [1.807, 2.05) is 158 Å². The number of rotatable bonds is 22. The SMILES string of the molecule is CC(C)(c1ccc(O)cc1)c1ccc(O)cc1.O=S(=O)(c1cccc(O)c1)c1cccc(O)c1.OCCCCCCO.OCCO.OCc1ccc(-c2ccc(CO)cc2)cc1.Oc1ccc(-c2ccc(O)cc2)cc1.Oc1ccc2ccccc2c1Cc1c(O)ccc2ccccc12.Oc1cccc(OCCCOc2cccc(O)c2)c1. The first-order chi connectivity index (χ1) is 56.9. The number of phenols is 10. The predicted molar refractivity (Wildman–Crippen MR) is 462 cm³/mol. The zero-order chi connectivity index (χ0) is 85.2. The maximum absolute atomic E-state index is 12.1. The van der Waals surface area contributed by atoms with Crippen LogP contribution in [-0.2, 0) is 34.9 Å². The van der Waals surface area contributed by atoms with Crippen LogP contribution < -0.4 is 9.47 Å². The van der Waals surface area contributed by atoms with Crippen molar-refractivity contribution in [2.45, 2.75) is 80.8 Å². The number of hydrogen-bond acceptors (Lipinski definition) is 20. The van der Waals surface area contributed by atoms with E-state index >= 15 is 0 Å². The molecule has 0 fully saturated rings. The lowest BCUT2D eigenvalue weighted by molar-refractivity contribution is 0.186. The number of aliphatic hydroxyl groups is 6. The third-order valence-electron chi connectivity index (χ3n) is 18.1. The molecular weight excluding hydrogens is 1520 g/mol. The summed E-state index contributed by atoms with van der Waals surface area (Å²) < 4.78 is 35.2. The monoisotopic (exact) mass is 1620 g/mol. The van der Waals surface area contributed by atoms with Crippen LogP contribution in [0.4, 0.5) is 0 Å².